The number of phenols is 2. The van der Waals surface area contributed by atoms with Gasteiger partial charge in [-0.2, -0.15) is 0 Å². The summed E-state index contributed by atoms with van der Waals surface area (Å²) in [7, 11) is 0. The standard InChI is InChI=1S/C31H42N6O10S/c1-16(2)10-22(31(46)47)37-29(43)21(11-17-6-4-3-5-7-17)36-25(40)14-34-24(39)13-35-28(42)19(32)12-18-8-9-23(38)26(41)27(18)48-15-20(33)30(44)45/h3-9,16,19-22,38,41H,10-15,32-33H2,1-2H3,(H,34,39)(H,35,42)(H,36,40)(H,37,43)(H,44,45)(H,46,47)/t19-,20?,21-,22-/m0/s1. The van der Waals surface area contributed by atoms with E-state index in [1.807, 2.05) is 13.8 Å². The van der Waals surface area contributed by atoms with Crippen molar-refractivity contribution in [3.63, 3.8) is 0 Å². The summed E-state index contributed by atoms with van der Waals surface area (Å²) in [5.41, 5.74) is 12.5. The smallest absolute Gasteiger partial charge is 0.326 e. The van der Waals surface area contributed by atoms with Crippen molar-refractivity contribution in [3.8, 4) is 11.5 Å². The van der Waals surface area contributed by atoms with Crippen molar-refractivity contribution >= 4 is 47.3 Å². The SMILES string of the molecule is CC(C)C[C@H](NC(=O)[C@H](Cc1ccccc1)NC(=O)CNC(=O)CNC(=O)[C@@H](N)Cc1ccc(O)c(O)c1SCC(N)C(=O)O)C(=O)O. The first kappa shape index (κ1) is 39.3. The molecule has 0 aromatic heterocycles. The minimum Gasteiger partial charge on any atom is -0.504 e. The first-order valence-corrected chi connectivity index (χ1v) is 15.9. The lowest BCUT2D eigenvalue weighted by molar-refractivity contribution is -0.142. The van der Waals surface area contributed by atoms with Crippen molar-refractivity contribution in [1.82, 2.24) is 21.3 Å². The maximum Gasteiger partial charge on any atom is 0.326 e. The fraction of sp³-hybridized carbons (Fsp3) is 0.419. The minimum atomic E-state index is -1.26. The number of hydrogen-bond acceptors (Lipinski definition) is 11. The Hall–Kier alpha value is -4.87. The van der Waals surface area contributed by atoms with Crippen LogP contribution in [-0.4, -0.2) is 99.0 Å². The van der Waals surface area contributed by atoms with E-state index in [0.29, 0.717) is 11.1 Å². The number of rotatable bonds is 19. The third-order valence-corrected chi connectivity index (χ3v) is 8.09. The zero-order valence-electron chi connectivity index (χ0n) is 26.5. The predicted octanol–water partition coefficient (Wildman–Crippen LogP) is -0.953. The highest BCUT2D eigenvalue weighted by atomic mass is 32.2. The second-order valence-electron chi connectivity index (χ2n) is 11.3. The third-order valence-electron chi connectivity index (χ3n) is 6.82. The summed E-state index contributed by atoms with van der Waals surface area (Å²) in [6.45, 7) is 2.51. The molecule has 4 amide bonds. The number of carboxylic acids is 2. The summed E-state index contributed by atoms with van der Waals surface area (Å²) >= 11 is 0.861. The lowest BCUT2D eigenvalue weighted by Crippen LogP contribution is -2.54. The van der Waals surface area contributed by atoms with E-state index >= 15 is 0 Å². The van der Waals surface area contributed by atoms with Crippen molar-refractivity contribution in [2.24, 2.45) is 17.4 Å². The molecule has 0 saturated heterocycles. The monoisotopic (exact) mass is 690 g/mol. The molecule has 2 rings (SSSR count). The highest BCUT2D eigenvalue weighted by Crippen LogP contribution is 2.39. The van der Waals surface area contributed by atoms with Gasteiger partial charge in [0.15, 0.2) is 11.5 Å². The van der Waals surface area contributed by atoms with Crippen LogP contribution in [0.2, 0.25) is 0 Å². The van der Waals surface area contributed by atoms with Crippen LogP contribution in [0, 0.1) is 5.92 Å². The number of aliphatic carboxylic acids is 2. The number of nitrogens with two attached hydrogens (primary N) is 2. The average molecular weight is 691 g/mol. The van der Waals surface area contributed by atoms with Crippen molar-refractivity contribution in [2.45, 2.75) is 62.2 Å². The lowest BCUT2D eigenvalue weighted by atomic mass is 10.0. The molecule has 0 aliphatic carbocycles. The molecule has 2 aromatic carbocycles. The fourth-order valence-corrected chi connectivity index (χ4v) is 5.37. The molecular formula is C31H42N6O10S. The first-order chi connectivity index (χ1) is 22.6. The Morgan fingerprint density at radius 3 is 2.00 bits per heavy atom. The summed E-state index contributed by atoms with van der Waals surface area (Å²) in [4.78, 5) is 73.6. The van der Waals surface area contributed by atoms with E-state index in [1.54, 1.807) is 30.3 Å². The first-order valence-electron chi connectivity index (χ1n) is 14.9. The Kier molecular flexibility index (Phi) is 15.6. The van der Waals surface area contributed by atoms with E-state index < -0.39 is 84.3 Å². The zero-order chi connectivity index (χ0) is 36.0. The van der Waals surface area contributed by atoms with Crippen LogP contribution >= 0.6 is 11.8 Å². The Balaban J connectivity index is 1.95. The van der Waals surface area contributed by atoms with Crippen LogP contribution in [0.25, 0.3) is 0 Å². The predicted molar refractivity (Wildman–Crippen MR) is 175 cm³/mol. The number of thioether (sulfide) groups is 1. The average Bonchev–Trinajstić information content (AvgIpc) is 3.03. The minimum absolute atomic E-state index is 0.0219. The maximum absolute atomic E-state index is 13.0. The third kappa shape index (κ3) is 13.1. The number of benzene rings is 2. The topological polar surface area (TPSA) is 284 Å². The normalized spacial score (nSPS) is 13.4. The van der Waals surface area contributed by atoms with Gasteiger partial charge in [0.25, 0.3) is 0 Å². The van der Waals surface area contributed by atoms with Gasteiger partial charge in [0.1, 0.15) is 18.1 Å². The number of carboxylic acid groups (broad SMARTS) is 2. The molecule has 0 radical (unpaired) electrons. The lowest BCUT2D eigenvalue weighted by Gasteiger charge is -2.22. The van der Waals surface area contributed by atoms with Gasteiger partial charge in [0.05, 0.1) is 24.0 Å². The molecular weight excluding hydrogens is 648 g/mol. The highest BCUT2D eigenvalue weighted by Gasteiger charge is 2.28. The molecule has 1 unspecified atom stereocenters. The van der Waals surface area contributed by atoms with E-state index in [0.717, 1.165) is 11.8 Å². The Bertz CT molecular complexity index is 1460. The van der Waals surface area contributed by atoms with Gasteiger partial charge in [-0.25, -0.2) is 4.79 Å². The van der Waals surface area contributed by atoms with Crippen LogP contribution in [-0.2, 0) is 41.6 Å². The van der Waals surface area contributed by atoms with Gasteiger partial charge in [-0.15, -0.1) is 11.8 Å². The summed E-state index contributed by atoms with van der Waals surface area (Å²) in [5.74, 6) is -6.59. The maximum atomic E-state index is 13.0. The molecule has 48 heavy (non-hydrogen) atoms. The van der Waals surface area contributed by atoms with E-state index in [9.17, 15) is 44.1 Å². The Labute approximate surface area is 281 Å². The van der Waals surface area contributed by atoms with Crippen LogP contribution in [0.1, 0.15) is 31.4 Å². The molecule has 0 fully saturated rings. The molecule has 0 bridgehead atoms. The Morgan fingerprint density at radius 2 is 1.40 bits per heavy atom. The molecule has 0 heterocycles. The second-order valence-corrected chi connectivity index (χ2v) is 12.4. The molecule has 0 aliphatic heterocycles. The Morgan fingerprint density at radius 1 is 0.750 bits per heavy atom. The molecule has 0 aliphatic rings. The molecule has 4 atom stereocenters. The van der Waals surface area contributed by atoms with E-state index in [1.165, 1.54) is 12.1 Å². The van der Waals surface area contributed by atoms with Crippen LogP contribution in [0.5, 0.6) is 11.5 Å². The van der Waals surface area contributed by atoms with E-state index in [4.69, 9.17) is 16.6 Å². The number of carbonyl (C=O) groups excluding carboxylic acids is 4. The van der Waals surface area contributed by atoms with Crippen molar-refractivity contribution in [2.75, 3.05) is 18.8 Å². The second kappa shape index (κ2) is 19.1. The van der Waals surface area contributed by atoms with Crippen LogP contribution in [0.3, 0.4) is 0 Å². The fourth-order valence-electron chi connectivity index (χ4n) is 4.31. The molecule has 0 saturated carbocycles. The van der Waals surface area contributed by atoms with Gasteiger partial charge < -0.3 is 53.2 Å². The summed E-state index contributed by atoms with van der Waals surface area (Å²) in [5, 5.41) is 48.3. The van der Waals surface area contributed by atoms with Gasteiger partial charge in [-0.05, 0) is 36.0 Å². The number of aromatic hydroxyl groups is 2. The number of carbonyl (C=O) groups is 6. The largest absolute Gasteiger partial charge is 0.504 e. The molecule has 0 spiro atoms. The summed E-state index contributed by atoms with van der Waals surface area (Å²) in [6.07, 6.45) is 0.0797. The molecule has 12 N–H and O–H groups in total. The van der Waals surface area contributed by atoms with Crippen LogP contribution in [0.4, 0.5) is 0 Å². The number of phenolic OH excluding ortho intramolecular Hbond substituents is 2. The van der Waals surface area contributed by atoms with Crippen LogP contribution < -0.4 is 32.7 Å². The van der Waals surface area contributed by atoms with Crippen LogP contribution in [0.15, 0.2) is 47.4 Å². The van der Waals surface area contributed by atoms with Crippen molar-refractivity contribution < 1.29 is 49.2 Å². The number of amides is 4. The zero-order valence-corrected chi connectivity index (χ0v) is 27.3. The van der Waals surface area contributed by atoms with Gasteiger partial charge >= 0.3 is 11.9 Å². The van der Waals surface area contributed by atoms with Gasteiger partial charge in [-0.3, -0.25) is 24.0 Å². The van der Waals surface area contributed by atoms with E-state index in [-0.39, 0.29) is 35.8 Å². The van der Waals surface area contributed by atoms with Gasteiger partial charge in [-0.1, -0.05) is 50.2 Å². The van der Waals surface area contributed by atoms with Crippen molar-refractivity contribution in [1.29, 1.82) is 0 Å². The molecule has 262 valence electrons. The quantitative estimate of drug-likeness (QED) is 0.0629. The van der Waals surface area contributed by atoms with Gasteiger partial charge in [0.2, 0.25) is 23.6 Å². The highest BCUT2D eigenvalue weighted by molar-refractivity contribution is 7.99. The number of nitrogens with one attached hydrogen (secondary N) is 4. The van der Waals surface area contributed by atoms with Crippen molar-refractivity contribution in [3.05, 3.63) is 53.6 Å². The summed E-state index contributed by atoms with van der Waals surface area (Å²) in [6, 6.07) is 6.54. The molecule has 16 nitrogen and oxygen atoms in total. The van der Waals surface area contributed by atoms with E-state index in [2.05, 4.69) is 21.3 Å². The molecule has 17 heteroatoms. The molecule has 2 aromatic rings. The number of hydrogen-bond donors (Lipinski definition) is 10. The summed E-state index contributed by atoms with van der Waals surface area (Å²) < 4.78 is 0. The van der Waals surface area contributed by atoms with Gasteiger partial charge in [0, 0.05) is 12.2 Å².